The Morgan fingerprint density at radius 2 is 2.04 bits per heavy atom. The molecule has 0 unspecified atom stereocenters. The average molecular weight is 335 g/mol. The van der Waals surface area contributed by atoms with E-state index in [0.717, 1.165) is 0 Å². The van der Waals surface area contributed by atoms with Gasteiger partial charge in [-0.05, 0) is 38.1 Å². The molecule has 0 bridgehead atoms. The van der Waals surface area contributed by atoms with Gasteiger partial charge < -0.3 is 14.6 Å². The largest absolute Gasteiger partial charge is 0.485 e. The molecule has 25 heavy (non-hydrogen) atoms. The molecule has 1 aromatic carbocycles. The van der Waals surface area contributed by atoms with Crippen molar-refractivity contribution in [1.29, 1.82) is 0 Å². The highest BCUT2D eigenvalue weighted by atomic mass is 16.5. The minimum Gasteiger partial charge on any atom is -0.485 e. The fraction of sp³-hybridized carbons (Fsp3) is 0.222. The second-order valence-electron chi connectivity index (χ2n) is 6.08. The van der Waals surface area contributed by atoms with Crippen molar-refractivity contribution >= 4 is 17.3 Å². The Labute approximate surface area is 144 Å². The normalized spacial score (nSPS) is 13.0. The number of carbonyl (C=O) groups excluding carboxylic acids is 1. The van der Waals surface area contributed by atoms with E-state index in [1.807, 2.05) is 34.9 Å². The molecular weight excluding hydrogens is 318 g/mol. The van der Waals surface area contributed by atoms with Gasteiger partial charge in [0.15, 0.2) is 12.4 Å². The molecule has 7 nitrogen and oxygen atoms in total. The van der Waals surface area contributed by atoms with Crippen LogP contribution in [0, 0.1) is 0 Å². The van der Waals surface area contributed by atoms with Gasteiger partial charge in [-0.2, -0.15) is 0 Å². The van der Waals surface area contributed by atoms with Crippen LogP contribution in [0.1, 0.15) is 30.2 Å². The summed E-state index contributed by atoms with van der Waals surface area (Å²) in [6, 6.07) is 11.3. The van der Waals surface area contributed by atoms with Gasteiger partial charge in [0.05, 0.1) is 11.3 Å². The number of pyridine rings is 1. The van der Waals surface area contributed by atoms with E-state index in [1.54, 1.807) is 12.4 Å². The third-order valence-electron chi connectivity index (χ3n) is 4.03. The number of anilines is 2. The number of benzene rings is 1. The van der Waals surface area contributed by atoms with Gasteiger partial charge in [0.1, 0.15) is 23.6 Å². The highest BCUT2D eigenvalue weighted by Crippen LogP contribution is 2.33. The van der Waals surface area contributed by atoms with Crippen LogP contribution in [0.3, 0.4) is 0 Å². The summed E-state index contributed by atoms with van der Waals surface area (Å²) in [5, 5.41) is 11.4. The van der Waals surface area contributed by atoms with Crippen molar-refractivity contribution < 1.29 is 9.53 Å². The van der Waals surface area contributed by atoms with Crippen molar-refractivity contribution in [2.75, 3.05) is 11.9 Å². The highest BCUT2D eigenvalue weighted by Gasteiger charge is 2.24. The number of Topliss-reactive ketones (excluding diaryl/α,β-unsaturated/α-hetero) is 1. The first kappa shape index (κ1) is 15.3. The van der Waals surface area contributed by atoms with Gasteiger partial charge in [-0.25, -0.2) is 4.98 Å². The first-order valence-corrected chi connectivity index (χ1v) is 8.06. The summed E-state index contributed by atoms with van der Waals surface area (Å²) in [5.41, 5.74) is 1.97. The lowest BCUT2D eigenvalue weighted by atomic mass is 10.1. The molecule has 2 aromatic heterocycles. The molecular formula is C18H17N5O2. The number of nitrogens with one attached hydrogen (secondary N) is 1. The lowest BCUT2D eigenvalue weighted by molar-refractivity contribution is 0.0961. The van der Waals surface area contributed by atoms with Gasteiger partial charge in [0.25, 0.3) is 0 Å². The first-order valence-electron chi connectivity index (χ1n) is 8.06. The number of fused-ring (bicyclic) bond motifs is 1. The zero-order valence-electron chi connectivity index (χ0n) is 13.9. The van der Waals surface area contributed by atoms with Crippen LogP contribution in [-0.4, -0.2) is 32.1 Å². The average Bonchev–Trinajstić information content (AvgIpc) is 3.23. The maximum atomic E-state index is 12.0. The minimum atomic E-state index is -0.0335. The van der Waals surface area contributed by atoms with Crippen molar-refractivity contribution in [2.24, 2.45) is 0 Å². The Morgan fingerprint density at radius 1 is 1.20 bits per heavy atom. The molecule has 0 aliphatic carbocycles. The van der Waals surface area contributed by atoms with Crippen molar-refractivity contribution in [3.05, 3.63) is 48.3 Å². The molecule has 3 aromatic rings. The van der Waals surface area contributed by atoms with E-state index < -0.39 is 0 Å². The SMILES string of the molecule is CC(C)n1cnnc1-c1cccc(Nc2cccc3c2C(=O)CO3)n1. The Hall–Kier alpha value is -3.22. The van der Waals surface area contributed by atoms with E-state index in [4.69, 9.17) is 4.74 Å². The van der Waals surface area contributed by atoms with E-state index >= 15 is 0 Å². The second-order valence-corrected chi connectivity index (χ2v) is 6.08. The minimum absolute atomic E-state index is 0.0335. The number of carbonyl (C=O) groups is 1. The monoisotopic (exact) mass is 335 g/mol. The smallest absolute Gasteiger partial charge is 0.206 e. The summed E-state index contributed by atoms with van der Waals surface area (Å²) in [6.07, 6.45) is 1.70. The molecule has 0 fully saturated rings. The molecule has 0 radical (unpaired) electrons. The standard InChI is InChI=1S/C18H17N5O2/c1-11(2)23-10-19-22-18(23)13-6-4-8-16(21-13)20-12-5-3-7-15-17(12)14(24)9-25-15/h3-8,10-11H,9H2,1-2H3,(H,20,21). The topological polar surface area (TPSA) is 81.9 Å². The number of rotatable bonds is 4. The van der Waals surface area contributed by atoms with Crippen LogP contribution < -0.4 is 10.1 Å². The van der Waals surface area contributed by atoms with Gasteiger partial charge in [0.2, 0.25) is 5.78 Å². The van der Waals surface area contributed by atoms with Crippen molar-refractivity contribution in [1.82, 2.24) is 19.7 Å². The van der Waals surface area contributed by atoms with Gasteiger partial charge in [-0.3, -0.25) is 4.79 Å². The van der Waals surface area contributed by atoms with Crippen LogP contribution in [0.5, 0.6) is 5.75 Å². The van der Waals surface area contributed by atoms with Gasteiger partial charge in [-0.15, -0.1) is 10.2 Å². The highest BCUT2D eigenvalue weighted by molar-refractivity contribution is 6.07. The molecule has 1 aliphatic rings. The van der Waals surface area contributed by atoms with Crippen LogP contribution in [0.25, 0.3) is 11.5 Å². The molecule has 4 rings (SSSR count). The fourth-order valence-electron chi connectivity index (χ4n) is 2.83. The summed E-state index contributed by atoms with van der Waals surface area (Å²) >= 11 is 0. The van der Waals surface area contributed by atoms with Gasteiger partial charge in [-0.1, -0.05) is 12.1 Å². The van der Waals surface area contributed by atoms with Crippen LogP contribution in [-0.2, 0) is 0 Å². The lowest BCUT2D eigenvalue weighted by Gasteiger charge is -2.12. The molecule has 7 heteroatoms. The van der Waals surface area contributed by atoms with Crippen molar-refractivity contribution in [3.63, 3.8) is 0 Å². The van der Waals surface area contributed by atoms with E-state index in [1.165, 1.54) is 0 Å². The maximum absolute atomic E-state index is 12.0. The number of hydrogen-bond acceptors (Lipinski definition) is 6. The quantitative estimate of drug-likeness (QED) is 0.788. The van der Waals surface area contributed by atoms with E-state index in [0.29, 0.717) is 34.3 Å². The number of nitrogens with zero attached hydrogens (tertiary/aromatic N) is 4. The summed E-state index contributed by atoms with van der Waals surface area (Å²) in [6.45, 7) is 4.21. The van der Waals surface area contributed by atoms with Crippen molar-refractivity contribution in [2.45, 2.75) is 19.9 Å². The Bertz CT molecular complexity index is 948. The van der Waals surface area contributed by atoms with E-state index in [2.05, 4.69) is 34.3 Å². The number of ketones is 1. The van der Waals surface area contributed by atoms with Gasteiger partial charge in [0, 0.05) is 6.04 Å². The van der Waals surface area contributed by atoms with Crippen LogP contribution >= 0.6 is 0 Å². The summed E-state index contributed by atoms with van der Waals surface area (Å²) in [7, 11) is 0. The zero-order valence-corrected chi connectivity index (χ0v) is 13.9. The molecule has 1 N–H and O–H groups in total. The van der Waals surface area contributed by atoms with Crippen LogP contribution in [0.2, 0.25) is 0 Å². The van der Waals surface area contributed by atoms with E-state index in [9.17, 15) is 4.79 Å². The molecule has 126 valence electrons. The summed E-state index contributed by atoms with van der Waals surface area (Å²) in [4.78, 5) is 16.7. The Kier molecular flexibility index (Phi) is 3.68. The van der Waals surface area contributed by atoms with Gasteiger partial charge >= 0.3 is 0 Å². The lowest BCUT2D eigenvalue weighted by Crippen LogP contribution is -2.05. The van der Waals surface area contributed by atoms with Crippen LogP contribution in [0.4, 0.5) is 11.5 Å². The first-order chi connectivity index (χ1) is 12.1. The molecule has 0 saturated carbocycles. The third kappa shape index (κ3) is 2.73. The zero-order chi connectivity index (χ0) is 17.4. The number of aromatic nitrogens is 4. The molecule has 0 spiro atoms. The summed E-state index contributed by atoms with van der Waals surface area (Å²) in [5.74, 6) is 1.90. The third-order valence-corrected chi connectivity index (χ3v) is 4.03. The summed E-state index contributed by atoms with van der Waals surface area (Å²) < 4.78 is 7.34. The maximum Gasteiger partial charge on any atom is 0.206 e. The number of ether oxygens (including phenoxy) is 1. The predicted octanol–water partition coefficient (Wildman–Crippen LogP) is 3.24. The van der Waals surface area contributed by atoms with Crippen molar-refractivity contribution in [3.8, 4) is 17.3 Å². The Balaban J connectivity index is 1.69. The van der Waals surface area contributed by atoms with Crippen LogP contribution in [0.15, 0.2) is 42.7 Å². The molecule has 3 heterocycles. The molecule has 0 saturated heterocycles. The molecule has 0 amide bonds. The molecule has 0 atom stereocenters. The van der Waals surface area contributed by atoms with E-state index in [-0.39, 0.29) is 18.4 Å². The molecule has 1 aliphatic heterocycles. The second kappa shape index (κ2) is 6.01. The fourth-order valence-corrected chi connectivity index (χ4v) is 2.83. The number of hydrogen-bond donors (Lipinski definition) is 1. The predicted molar refractivity (Wildman–Crippen MR) is 93.2 cm³/mol. The Morgan fingerprint density at radius 3 is 2.88 bits per heavy atom.